The summed E-state index contributed by atoms with van der Waals surface area (Å²) in [4.78, 5) is 2.38. The van der Waals surface area contributed by atoms with Gasteiger partial charge in [0, 0.05) is 27.8 Å². The largest absolute Gasteiger partial charge is 0.456 e. The Morgan fingerprint density at radius 1 is 0.242 bits per heavy atom. The summed E-state index contributed by atoms with van der Waals surface area (Å²) in [5, 5.41) is 12.4. The van der Waals surface area contributed by atoms with E-state index in [-0.39, 0.29) is 0 Å². The summed E-state index contributed by atoms with van der Waals surface area (Å²) < 4.78 is 6.33. The van der Waals surface area contributed by atoms with Crippen LogP contribution in [0, 0.1) is 0 Å². The third-order valence-corrected chi connectivity index (χ3v) is 13.4. The first kappa shape index (κ1) is 37.8. The highest BCUT2D eigenvalue weighted by Crippen LogP contribution is 2.42. The maximum absolute atomic E-state index is 6.33. The van der Waals surface area contributed by atoms with E-state index in [0.29, 0.717) is 0 Å². The van der Waals surface area contributed by atoms with Crippen molar-refractivity contribution in [1.82, 2.24) is 0 Å². The third-order valence-electron chi connectivity index (χ3n) is 13.4. The molecule has 0 unspecified atom stereocenters. The molecule has 0 saturated carbocycles. The molecule has 1 heterocycles. The molecular weight excluding hydrogens is 799 g/mol. The minimum absolute atomic E-state index is 0.890. The van der Waals surface area contributed by atoms with Crippen LogP contribution in [0.3, 0.4) is 0 Å². The van der Waals surface area contributed by atoms with Gasteiger partial charge in [-0.05, 0) is 148 Å². The molecule has 308 valence electrons. The molecule has 0 radical (unpaired) electrons. The van der Waals surface area contributed by atoms with Crippen LogP contribution in [0.1, 0.15) is 0 Å². The van der Waals surface area contributed by atoms with Crippen LogP contribution in [0.2, 0.25) is 0 Å². The normalized spacial score (nSPS) is 11.6. The number of benzene rings is 12. The average Bonchev–Trinajstić information content (AvgIpc) is 3.78. The SMILES string of the molecule is c1cc(-c2ccc(-c3ccc4c(ccc5ccccc54)c3)cc2)cc(N(c2ccc(-c3ccc4c(ccc5ccccc54)c3)cc2)c2cccc(-c3cccc4oc5ccccc5c34)c2)c1. The fraction of sp³-hybridized carbons (Fsp3) is 0. The van der Waals surface area contributed by atoms with E-state index >= 15 is 0 Å². The molecule has 0 aliphatic carbocycles. The molecule has 1 aromatic heterocycles. The van der Waals surface area contributed by atoms with Gasteiger partial charge in [-0.3, -0.25) is 0 Å². The molecule has 0 fully saturated rings. The van der Waals surface area contributed by atoms with Gasteiger partial charge >= 0.3 is 0 Å². The van der Waals surface area contributed by atoms with Crippen LogP contribution in [0.15, 0.2) is 253 Å². The Bertz CT molecular complexity index is 3990. The van der Waals surface area contributed by atoms with Crippen molar-refractivity contribution in [1.29, 1.82) is 0 Å². The molecule has 0 bridgehead atoms. The summed E-state index contributed by atoms with van der Waals surface area (Å²) in [7, 11) is 0. The van der Waals surface area contributed by atoms with Gasteiger partial charge in [-0.15, -0.1) is 0 Å². The minimum Gasteiger partial charge on any atom is -0.456 e. The summed E-state index contributed by atoms with van der Waals surface area (Å²) >= 11 is 0. The van der Waals surface area contributed by atoms with Crippen molar-refractivity contribution in [2.24, 2.45) is 0 Å². The second-order valence-electron chi connectivity index (χ2n) is 17.3. The van der Waals surface area contributed by atoms with Gasteiger partial charge in [0.15, 0.2) is 0 Å². The van der Waals surface area contributed by atoms with E-state index in [2.05, 4.69) is 241 Å². The lowest BCUT2D eigenvalue weighted by Crippen LogP contribution is -2.10. The van der Waals surface area contributed by atoms with E-state index in [1.807, 2.05) is 12.1 Å². The van der Waals surface area contributed by atoms with Gasteiger partial charge in [0.1, 0.15) is 11.2 Å². The maximum Gasteiger partial charge on any atom is 0.136 e. The Hall–Kier alpha value is -8.72. The number of anilines is 3. The van der Waals surface area contributed by atoms with Crippen LogP contribution >= 0.6 is 0 Å². The lowest BCUT2D eigenvalue weighted by Gasteiger charge is -2.27. The standard InChI is InChI=1S/C64H41NO/c1-3-16-56-45(10-1)26-28-51-38-48(32-36-58(51)56)43-24-22-42(23-25-43)47-12-7-14-54(40-47)65(55-15-8-13-50(41-55)60-19-9-21-63-64(60)61-18-5-6-20-62(61)66-63)53-34-30-44(31-35-53)49-33-37-59-52(39-49)29-27-46-11-2-4-17-57(46)59/h1-41H. The molecule has 13 aromatic rings. The lowest BCUT2D eigenvalue weighted by molar-refractivity contribution is 0.669. The molecule has 2 heteroatoms. The van der Waals surface area contributed by atoms with Crippen LogP contribution in [-0.2, 0) is 0 Å². The van der Waals surface area contributed by atoms with Gasteiger partial charge in [0.25, 0.3) is 0 Å². The number of hydrogen-bond acceptors (Lipinski definition) is 2. The first-order chi connectivity index (χ1) is 32.7. The van der Waals surface area contributed by atoms with Gasteiger partial charge in [-0.25, -0.2) is 0 Å². The number of furan rings is 1. The topological polar surface area (TPSA) is 16.4 Å². The summed E-state index contributed by atoms with van der Waals surface area (Å²) in [5.74, 6) is 0. The van der Waals surface area contributed by atoms with Crippen molar-refractivity contribution in [3.63, 3.8) is 0 Å². The van der Waals surface area contributed by atoms with E-state index in [4.69, 9.17) is 4.42 Å². The Balaban J connectivity index is 0.888. The molecule has 13 rings (SSSR count). The number of hydrogen-bond donors (Lipinski definition) is 0. The van der Waals surface area contributed by atoms with Crippen molar-refractivity contribution in [2.75, 3.05) is 4.90 Å². The van der Waals surface area contributed by atoms with Gasteiger partial charge < -0.3 is 9.32 Å². The Labute approximate surface area is 382 Å². The van der Waals surface area contributed by atoms with Crippen LogP contribution in [0.25, 0.3) is 110 Å². The van der Waals surface area contributed by atoms with Crippen LogP contribution < -0.4 is 4.90 Å². The monoisotopic (exact) mass is 839 g/mol. The third kappa shape index (κ3) is 6.50. The zero-order chi connectivity index (χ0) is 43.6. The van der Waals surface area contributed by atoms with E-state index in [9.17, 15) is 0 Å². The summed E-state index contributed by atoms with van der Waals surface area (Å²) in [6.45, 7) is 0. The van der Waals surface area contributed by atoms with Crippen molar-refractivity contribution in [3.05, 3.63) is 249 Å². The first-order valence-corrected chi connectivity index (χ1v) is 22.6. The van der Waals surface area contributed by atoms with Gasteiger partial charge in [0.05, 0.1) is 0 Å². The van der Waals surface area contributed by atoms with Crippen molar-refractivity contribution in [3.8, 4) is 44.5 Å². The molecule has 0 N–H and O–H groups in total. The number of para-hydroxylation sites is 1. The lowest BCUT2D eigenvalue weighted by atomic mass is 9.96. The molecule has 0 aliphatic rings. The quantitative estimate of drug-likeness (QED) is 0.149. The molecule has 0 aliphatic heterocycles. The Kier molecular flexibility index (Phi) is 8.89. The highest BCUT2D eigenvalue weighted by molar-refractivity contribution is 6.13. The molecule has 66 heavy (non-hydrogen) atoms. The number of nitrogens with zero attached hydrogens (tertiary/aromatic N) is 1. The van der Waals surface area contributed by atoms with E-state index in [1.54, 1.807) is 0 Å². The predicted molar refractivity (Wildman–Crippen MR) is 280 cm³/mol. The van der Waals surface area contributed by atoms with Crippen LogP contribution in [0.5, 0.6) is 0 Å². The maximum atomic E-state index is 6.33. The minimum atomic E-state index is 0.890. The van der Waals surface area contributed by atoms with E-state index < -0.39 is 0 Å². The highest BCUT2D eigenvalue weighted by atomic mass is 16.3. The van der Waals surface area contributed by atoms with Crippen molar-refractivity contribution < 1.29 is 4.42 Å². The van der Waals surface area contributed by atoms with Crippen LogP contribution in [0.4, 0.5) is 17.1 Å². The van der Waals surface area contributed by atoms with E-state index in [0.717, 1.165) is 55.7 Å². The van der Waals surface area contributed by atoms with Gasteiger partial charge in [-0.1, -0.05) is 188 Å². The molecule has 2 nitrogen and oxygen atoms in total. The van der Waals surface area contributed by atoms with Gasteiger partial charge in [0.2, 0.25) is 0 Å². The summed E-state index contributed by atoms with van der Waals surface area (Å²) in [6.07, 6.45) is 0. The average molecular weight is 840 g/mol. The second-order valence-corrected chi connectivity index (χ2v) is 17.3. The zero-order valence-electron chi connectivity index (χ0n) is 36.0. The Morgan fingerprint density at radius 2 is 0.682 bits per heavy atom. The van der Waals surface area contributed by atoms with E-state index in [1.165, 1.54) is 70.9 Å². The summed E-state index contributed by atoms with van der Waals surface area (Å²) in [5.41, 5.74) is 14.4. The highest BCUT2D eigenvalue weighted by Gasteiger charge is 2.18. The molecule has 12 aromatic carbocycles. The molecular formula is C64H41NO. The fourth-order valence-electron chi connectivity index (χ4n) is 10.1. The first-order valence-electron chi connectivity index (χ1n) is 22.6. The molecule has 0 saturated heterocycles. The number of rotatable bonds is 7. The fourth-order valence-corrected chi connectivity index (χ4v) is 10.1. The smallest absolute Gasteiger partial charge is 0.136 e. The molecule has 0 atom stereocenters. The van der Waals surface area contributed by atoms with Crippen molar-refractivity contribution in [2.45, 2.75) is 0 Å². The van der Waals surface area contributed by atoms with Crippen LogP contribution in [-0.4, -0.2) is 0 Å². The molecule has 0 spiro atoms. The molecule has 0 amide bonds. The summed E-state index contributed by atoms with van der Waals surface area (Å²) in [6, 6.07) is 90.3. The second kappa shape index (κ2) is 15.5. The number of fused-ring (bicyclic) bond motifs is 9. The predicted octanol–water partition coefficient (Wildman–Crippen LogP) is 18.3. The zero-order valence-corrected chi connectivity index (χ0v) is 36.0. The van der Waals surface area contributed by atoms with Crippen molar-refractivity contribution >= 4 is 82.1 Å². The van der Waals surface area contributed by atoms with Gasteiger partial charge in [-0.2, -0.15) is 0 Å². The Morgan fingerprint density at radius 3 is 1.30 bits per heavy atom.